The van der Waals surface area contributed by atoms with Gasteiger partial charge in [0, 0.05) is 18.5 Å². The summed E-state index contributed by atoms with van der Waals surface area (Å²) in [7, 11) is 0. The molecule has 1 unspecified atom stereocenters. The number of carboxylic acid groups (broad SMARTS) is 1. The maximum absolute atomic E-state index is 11.7. The van der Waals surface area contributed by atoms with Crippen LogP contribution in [0.4, 0.5) is 0 Å². The molecule has 0 aromatic rings. The van der Waals surface area contributed by atoms with Crippen molar-refractivity contribution < 1.29 is 14.7 Å². The number of hydrogen-bond acceptors (Lipinski definition) is 3. The van der Waals surface area contributed by atoms with E-state index in [4.69, 9.17) is 5.11 Å². The van der Waals surface area contributed by atoms with Crippen LogP contribution in [-0.2, 0) is 9.59 Å². The second-order valence-electron chi connectivity index (χ2n) is 5.56. The lowest BCUT2D eigenvalue weighted by Gasteiger charge is -2.42. The predicted molar refractivity (Wildman–Crippen MR) is 73.9 cm³/mol. The van der Waals surface area contributed by atoms with Crippen molar-refractivity contribution in [2.45, 2.75) is 58.5 Å². The molecule has 1 aliphatic carbocycles. The summed E-state index contributed by atoms with van der Waals surface area (Å²) < 4.78 is 0. The molecule has 5 nitrogen and oxygen atoms in total. The lowest BCUT2D eigenvalue weighted by molar-refractivity contribution is -0.139. The first-order valence-corrected chi connectivity index (χ1v) is 7.21. The summed E-state index contributed by atoms with van der Waals surface area (Å²) in [6.07, 6.45) is 3.34. The Bertz CT molecular complexity index is 314. The van der Waals surface area contributed by atoms with Gasteiger partial charge in [0.15, 0.2) is 0 Å². The van der Waals surface area contributed by atoms with Crippen LogP contribution in [0, 0.1) is 5.92 Å². The fourth-order valence-electron chi connectivity index (χ4n) is 2.42. The molecule has 0 aromatic carbocycles. The van der Waals surface area contributed by atoms with Crippen LogP contribution in [-0.4, -0.2) is 47.1 Å². The van der Waals surface area contributed by atoms with Gasteiger partial charge in [0.25, 0.3) is 0 Å². The normalized spacial score (nSPS) is 23.8. The Hall–Kier alpha value is -1.10. The molecule has 0 radical (unpaired) electrons. The molecule has 1 amide bonds. The second kappa shape index (κ2) is 7.48. The Kier molecular flexibility index (Phi) is 6.28. The van der Waals surface area contributed by atoms with Gasteiger partial charge in [0.2, 0.25) is 5.91 Å². The molecule has 0 bridgehead atoms. The smallest absolute Gasteiger partial charge is 0.317 e. The summed E-state index contributed by atoms with van der Waals surface area (Å²) in [5.74, 6) is -0.236. The molecule has 110 valence electrons. The second-order valence-corrected chi connectivity index (χ2v) is 5.56. The molecule has 2 N–H and O–H groups in total. The molecule has 19 heavy (non-hydrogen) atoms. The zero-order chi connectivity index (χ0) is 14.4. The number of nitrogens with one attached hydrogen (secondary N) is 1. The van der Waals surface area contributed by atoms with E-state index in [0.29, 0.717) is 18.4 Å². The van der Waals surface area contributed by atoms with Gasteiger partial charge in [-0.15, -0.1) is 0 Å². The monoisotopic (exact) mass is 270 g/mol. The highest BCUT2D eigenvalue weighted by molar-refractivity contribution is 5.76. The minimum atomic E-state index is -0.786. The minimum Gasteiger partial charge on any atom is -0.480 e. The molecule has 0 spiro atoms. The third-order valence-electron chi connectivity index (χ3n) is 3.97. The van der Waals surface area contributed by atoms with Crippen LogP contribution in [0.1, 0.15) is 46.5 Å². The van der Waals surface area contributed by atoms with Gasteiger partial charge in [0.05, 0.1) is 6.54 Å². The molecule has 1 saturated carbocycles. The predicted octanol–water partition coefficient (Wildman–Crippen LogP) is 1.48. The standard InChI is InChI=1S/C14H26N2O3/c1-4-10(3)6-13(17)15-11-7-12(8-11)16(5-2)9-14(18)19/h10-12H,4-9H2,1-3H3,(H,15,17)(H,18,19). The lowest BCUT2D eigenvalue weighted by Crippen LogP contribution is -2.54. The van der Waals surface area contributed by atoms with Crippen molar-refractivity contribution in [1.82, 2.24) is 10.2 Å². The van der Waals surface area contributed by atoms with Gasteiger partial charge < -0.3 is 10.4 Å². The molecule has 0 saturated heterocycles. The van der Waals surface area contributed by atoms with Crippen LogP contribution < -0.4 is 5.32 Å². The summed E-state index contributed by atoms with van der Waals surface area (Å²) in [5, 5.41) is 11.8. The van der Waals surface area contributed by atoms with Gasteiger partial charge in [-0.3, -0.25) is 14.5 Å². The van der Waals surface area contributed by atoms with Gasteiger partial charge in [-0.25, -0.2) is 0 Å². The molecule has 0 aliphatic heterocycles. The molecular weight excluding hydrogens is 244 g/mol. The molecule has 1 aliphatic rings. The average molecular weight is 270 g/mol. The first-order valence-electron chi connectivity index (χ1n) is 7.21. The van der Waals surface area contributed by atoms with Crippen LogP contribution in [0.15, 0.2) is 0 Å². The van der Waals surface area contributed by atoms with Crippen molar-refractivity contribution in [3.63, 3.8) is 0 Å². The first kappa shape index (κ1) is 16.0. The Morgan fingerprint density at radius 2 is 2.00 bits per heavy atom. The van der Waals surface area contributed by atoms with Crippen LogP contribution in [0.2, 0.25) is 0 Å². The van der Waals surface area contributed by atoms with E-state index in [9.17, 15) is 9.59 Å². The number of aliphatic carboxylic acids is 1. The maximum atomic E-state index is 11.7. The van der Waals surface area contributed by atoms with Crippen LogP contribution in [0.3, 0.4) is 0 Å². The zero-order valence-corrected chi connectivity index (χ0v) is 12.2. The number of carboxylic acids is 1. The minimum absolute atomic E-state index is 0.0920. The lowest BCUT2D eigenvalue weighted by atomic mass is 9.85. The fraction of sp³-hybridized carbons (Fsp3) is 0.857. The van der Waals surface area contributed by atoms with E-state index in [2.05, 4.69) is 19.2 Å². The number of carbonyl (C=O) groups is 2. The summed E-state index contributed by atoms with van der Waals surface area (Å²) >= 11 is 0. The van der Waals surface area contributed by atoms with E-state index in [-0.39, 0.29) is 18.5 Å². The average Bonchev–Trinajstić information content (AvgIpc) is 2.30. The van der Waals surface area contributed by atoms with Gasteiger partial charge >= 0.3 is 5.97 Å². The van der Waals surface area contributed by atoms with Crippen molar-refractivity contribution in [1.29, 1.82) is 0 Å². The van der Waals surface area contributed by atoms with E-state index in [0.717, 1.165) is 25.8 Å². The van der Waals surface area contributed by atoms with Crippen LogP contribution in [0.5, 0.6) is 0 Å². The van der Waals surface area contributed by atoms with Crippen molar-refractivity contribution >= 4 is 11.9 Å². The van der Waals surface area contributed by atoms with Crippen LogP contribution >= 0.6 is 0 Å². The first-order chi connectivity index (χ1) is 8.96. The van der Waals surface area contributed by atoms with Gasteiger partial charge in [-0.2, -0.15) is 0 Å². The van der Waals surface area contributed by atoms with E-state index >= 15 is 0 Å². The van der Waals surface area contributed by atoms with E-state index < -0.39 is 5.97 Å². The number of carbonyl (C=O) groups excluding carboxylic acids is 1. The van der Waals surface area contributed by atoms with Gasteiger partial charge in [-0.1, -0.05) is 27.2 Å². The van der Waals surface area contributed by atoms with Crippen molar-refractivity contribution in [3.05, 3.63) is 0 Å². The summed E-state index contributed by atoms with van der Waals surface area (Å²) in [4.78, 5) is 24.4. The molecule has 1 fully saturated rings. The van der Waals surface area contributed by atoms with Gasteiger partial charge in [-0.05, 0) is 25.3 Å². The highest BCUT2D eigenvalue weighted by Crippen LogP contribution is 2.25. The maximum Gasteiger partial charge on any atom is 0.317 e. The van der Waals surface area contributed by atoms with Crippen molar-refractivity contribution in [2.75, 3.05) is 13.1 Å². The highest BCUT2D eigenvalue weighted by atomic mass is 16.4. The third-order valence-corrected chi connectivity index (χ3v) is 3.97. The summed E-state index contributed by atoms with van der Waals surface area (Å²) in [6, 6.07) is 0.527. The highest BCUT2D eigenvalue weighted by Gasteiger charge is 2.34. The number of nitrogens with zero attached hydrogens (tertiary/aromatic N) is 1. The molecule has 0 aromatic heterocycles. The topological polar surface area (TPSA) is 69.6 Å². The Labute approximate surface area is 115 Å². The zero-order valence-electron chi connectivity index (χ0n) is 12.2. The van der Waals surface area contributed by atoms with E-state index in [1.165, 1.54) is 0 Å². The quantitative estimate of drug-likeness (QED) is 0.701. The van der Waals surface area contributed by atoms with E-state index in [1.807, 2.05) is 11.8 Å². The molecule has 1 atom stereocenters. The largest absolute Gasteiger partial charge is 0.480 e. The fourth-order valence-corrected chi connectivity index (χ4v) is 2.42. The number of hydrogen-bond donors (Lipinski definition) is 2. The SMILES string of the molecule is CCC(C)CC(=O)NC1CC(N(CC)CC(=O)O)C1. The molecule has 0 heterocycles. The van der Waals surface area contributed by atoms with Crippen LogP contribution in [0.25, 0.3) is 0 Å². The number of amides is 1. The Balaban J connectivity index is 2.25. The van der Waals surface area contributed by atoms with E-state index in [1.54, 1.807) is 0 Å². The van der Waals surface area contributed by atoms with Gasteiger partial charge in [0.1, 0.15) is 0 Å². The summed E-state index contributed by atoms with van der Waals surface area (Å²) in [5.41, 5.74) is 0. The molecule has 5 heteroatoms. The number of likely N-dealkylation sites (N-methyl/N-ethyl adjacent to an activating group) is 1. The Morgan fingerprint density at radius 1 is 1.37 bits per heavy atom. The molecule has 1 rings (SSSR count). The van der Waals surface area contributed by atoms with Crippen molar-refractivity contribution in [2.24, 2.45) is 5.92 Å². The molecular formula is C14H26N2O3. The van der Waals surface area contributed by atoms with Crippen molar-refractivity contribution in [3.8, 4) is 0 Å². The number of rotatable bonds is 8. The summed E-state index contributed by atoms with van der Waals surface area (Å²) in [6.45, 7) is 6.97. The third kappa shape index (κ3) is 5.19. The Morgan fingerprint density at radius 3 is 2.47 bits per heavy atom.